The Bertz CT molecular complexity index is 697. The molecule has 0 bridgehead atoms. The Kier molecular flexibility index (Phi) is 5.42. The van der Waals surface area contributed by atoms with Crippen molar-refractivity contribution in [3.8, 4) is 5.75 Å². The molecule has 0 fully saturated rings. The zero-order valence-corrected chi connectivity index (χ0v) is 11.9. The van der Waals surface area contributed by atoms with Crippen LogP contribution < -0.4 is 10.1 Å². The Labute approximate surface area is 130 Å². The SMILES string of the molecule is O=[N+]([O-])c1ccccc1NCC(O)COc1ccc(F)c(F)c1. The summed E-state index contributed by atoms with van der Waals surface area (Å²) in [5.41, 5.74) is 0.158. The van der Waals surface area contributed by atoms with Gasteiger partial charge in [0.2, 0.25) is 0 Å². The average Bonchev–Trinajstić information content (AvgIpc) is 2.54. The first-order chi connectivity index (χ1) is 11.0. The number of para-hydroxylation sites is 2. The van der Waals surface area contributed by atoms with Gasteiger partial charge in [-0.2, -0.15) is 0 Å². The number of nitrogens with zero attached hydrogens (tertiary/aromatic N) is 1. The molecule has 2 rings (SSSR count). The molecule has 0 heterocycles. The van der Waals surface area contributed by atoms with Crippen LogP contribution in [0.3, 0.4) is 0 Å². The fraction of sp³-hybridized carbons (Fsp3) is 0.200. The fourth-order valence-corrected chi connectivity index (χ4v) is 1.83. The van der Waals surface area contributed by atoms with Crippen LogP contribution in [-0.4, -0.2) is 29.3 Å². The highest BCUT2D eigenvalue weighted by Crippen LogP contribution is 2.23. The van der Waals surface area contributed by atoms with Gasteiger partial charge in [-0.3, -0.25) is 10.1 Å². The van der Waals surface area contributed by atoms with E-state index in [0.717, 1.165) is 12.1 Å². The largest absolute Gasteiger partial charge is 0.491 e. The number of anilines is 1. The van der Waals surface area contributed by atoms with Gasteiger partial charge < -0.3 is 15.2 Å². The summed E-state index contributed by atoms with van der Waals surface area (Å²) in [6, 6.07) is 9.04. The molecular formula is C15H14F2N2O4. The van der Waals surface area contributed by atoms with Crippen LogP contribution >= 0.6 is 0 Å². The minimum absolute atomic E-state index is 0.00543. The third kappa shape index (κ3) is 4.62. The molecule has 2 aromatic rings. The van der Waals surface area contributed by atoms with Gasteiger partial charge in [-0.1, -0.05) is 12.1 Å². The van der Waals surface area contributed by atoms with Crippen molar-refractivity contribution in [2.75, 3.05) is 18.5 Å². The van der Waals surface area contributed by atoms with E-state index in [1.54, 1.807) is 6.07 Å². The van der Waals surface area contributed by atoms with Crippen molar-refractivity contribution in [2.24, 2.45) is 0 Å². The highest BCUT2D eigenvalue weighted by atomic mass is 19.2. The van der Waals surface area contributed by atoms with Gasteiger partial charge in [0.05, 0.1) is 4.92 Å². The second-order valence-electron chi connectivity index (χ2n) is 4.70. The van der Waals surface area contributed by atoms with Crippen molar-refractivity contribution in [3.63, 3.8) is 0 Å². The number of nitrogens with one attached hydrogen (secondary N) is 1. The van der Waals surface area contributed by atoms with Crippen LogP contribution in [0.5, 0.6) is 5.75 Å². The maximum atomic E-state index is 13.0. The Morgan fingerprint density at radius 2 is 1.96 bits per heavy atom. The molecule has 2 N–H and O–H groups in total. The van der Waals surface area contributed by atoms with Gasteiger partial charge in [-0.05, 0) is 18.2 Å². The molecule has 23 heavy (non-hydrogen) atoms. The van der Waals surface area contributed by atoms with E-state index >= 15 is 0 Å². The van der Waals surface area contributed by atoms with Gasteiger partial charge in [0.25, 0.3) is 5.69 Å². The molecule has 0 amide bonds. The number of ether oxygens (including phenoxy) is 1. The van der Waals surface area contributed by atoms with Crippen LogP contribution in [0.25, 0.3) is 0 Å². The van der Waals surface area contributed by atoms with E-state index in [0.29, 0.717) is 0 Å². The van der Waals surface area contributed by atoms with E-state index in [4.69, 9.17) is 4.74 Å². The van der Waals surface area contributed by atoms with E-state index in [-0.39, 0.29) is 30.3 Å². The topological polar surface area (TPSA) is 84.6 Å². The lowest BCUT2D eigenvalue weighted by atomic mass is 10.2. The first-order valence-electron chi connectivity index (χ1n) is 6.70. The predicted octanol–water partition coefficient (Wildman–Crippen LogP) is 2.72. The average molecular weight is 324 g/mol. The van der Waals surface area contributed by atoms with Crippen LogP contribution in [0.4, 0.5) is 20.2 Å². The minimum atomic E-state index is -1.05. The number of aliphatic hydroxyl groups is 1. The summed E-state index contributed by atoms with van der Waals surface area (Å²) < 4.78 is 30.9. The van der Waals surface area contributed by atoms with Gasteiger partial charge in [-0.25, -0.2) is 8.78 Å². The summed E-state index contributed by atoms with van der Waals surface area (Å²) >= 11 is 0. The summed E-state index contributed by atoms with van der Waals surface area (Å²) in [7, 11) is 0. The maximum Gasteiger partial charge on any atom is 0.292 e. The molecule has 0 aliphatic rings. The number of rotatable bonds is 7. The standard InChI is InChI=1S/C15H14F2N2O4/c16-12-6-5-11(7-13(12)17)23-9-10(20)8-18-14-3-1-2-4-15(14)19(21)22/h1-7,10,18,20H,8-9H2. The van der Waals surface area contributed by atoms with Crippen molar-refractivity contribution >= 4 is 11.4 Å². The molecule has 0 aliphatic carbocycles. The minimum Gasteiger partial charge on any atom is -0.491 e. The van der Waals surface area contributed by atoms with Crippen LogP contribution in [0.1, 0.15) is 0 Å². The number of halogens is 2. The Morgan fingerprint density at radius 3 is 2.65 bits per heavy atom. The molecule has 8 heteroatoms. The van der Waals surface area contributed by atoms with Crippen LogP contribution in [-0.2, 0) is 0 Å². The highest BCUT2D eigenvalue weighted by Gasteiger charge is 2.14. The second-order valence-corrected chi connectivity index (χ2v) is 4.70. The molecule has 6 nitrogen and oxygen atoms in total. The molecule has 0 saturated carbocycles. The first-order valence-corrected chi connectivity index (χ1v) is 6.70. The molecule has 0 aliphatic heterocycles. The molecule has 122 valence electrons. The Hall–Kier alpha value is -2.74. The van der Waals surface area contributed by atoms with Crippen molar-refractivity contribution in [1.82, 2.24) is 0 Å². The number of nitro groups is 1. The number of nitro benzene ring substituents is 1. The summed E-state index contributed by atoms with van der Waals surface area (Å²) in [5.74, 6) is -1.96. The summed E-state index contributed by atoms with van der Waals surface area (Å²) in [6.07, 6.45) is -0.997. The van der Waals surface area contributed by atoms with Gasteiger partial charge >= 0.3 is 0 Å². The van der Waals surface area contributed by atoms with Crippen molar-refractivity contribution in [2.45, 2.75) is 6.10 Å². The molecule has 0 spiro atoms. The first kappa shape index (κ1) is 16.6. The number of hydrogen-bond acceptors (Lipinski definition) is 5. The zero-order chi connectivity index (χ0) is 16.8. The monoisotopic (exact) mass is 324 g/mol. The lowest BCUT2D eigenvalue weighted by Crippen LogP contribution is -2.26. The van der Waals surface area contributed by atoms with Crippen molar-refractivity contribution in [1.29, 1.82) is 0 Å². The van der Waals surface area contributed by atoms with Gasteiger partial charge in [0, 0.05) is 18.7 Å². The molecule has 0 saturated heterocycles. The van der Waals surface area contributed by atoms with E-state index < -0.39 is 22.7 Å². The normalized spacial score (nSPS) is 11.8. The summed E-state index contributed by atoms with van der Waals surface area (Å²) in [5, 5.41) is 23.4. The van der Waals surface area contributed by atoms with Crippen LogP contribution in [0, 0.1) is 21.7 Å². The number of aliphatic hydroxyl groups excluding tert-OH is 1. The number of hydrogen-bond donors (Lipinski definition) is 2. The van der Waals surface area contributed by atoms with Gasteiger partial charge in [0.15, 0.2) is 11.6 Å². The molecule has 1 unspecified atom stereocenters. The van der Waals surface area contributed by atoms with E-state index in [1.807, 2.05) is 0 Å². The predicted molar refractivity (Wildman–Crippen MR) is 79.4 cm³/mol. The molecular weight excluding hydrogens is 310 g/mol. The molecule has 0 aromatic heterocycles. The van der Waals surface area contributed by atoms with Gasteiger partial charge in [-0.15, -0.1) is 0 Å². The van der Waals surface area contributed by atoms with Crippen molar-refractivity contribution in [3.05, 3.63) is 64.2 Å². The molecule has 0 radical (unpaired) electrons. The van der Waals surface area contributed by atoms with E-state index in [9.17, 15) is 24.0 Å². The second kappa shape index (κ2) is 7.50. The third-order valence-electron chi connectivity index (χ3n) is 2.96. The molecule has 2 aromatic carbocycles. The lowest BCUT2D eigenvalue weighted by molar-refractivity contribution is -0.384. The van der Waals surface area contributed by atoms with Gasteiger partial charge in [0.1, 0.15) is 24.1 Å². The summed E-state index contributed by atoms with van der Waals surface area (Å²) in [4.78, 5) is 10.3. The van der Waals surface area contributed by atoms with Crippen molar-refractivity contribution < 1.29 is 23.5 Å². The summed E-state index contributed by atoms with van der Waals surface area (Å²) in [6.45, 7) is -0.187. The Morgan fingerprint density at radius 1 is 1.22 bits per heavy atom. The Balaban J connectivity index is 1.87. The van der Waals surface area contributed by atoms with Crippen LogP contribution in [0.15, 0.2) is 42.5 Å². The smallest absolute Gasteiger partial charge is 0.292 e. The number of benzene rings is 2. The maximum absolute atomic E-state index is 13.0. The fourth-order valence-electron chi connectivity index (χ4n) is 1.83. The van der Waals surface area contributed by atoms with E-state index in [2.05, 4.69) is 5.32 Å². The zero-order valence-electron chi connectivity index (χ0n) is 11.9. The highest BCUT2D eigenvalue weighted by molar-refractivity contribution is 5.61. The molecule has 1 atom stereocenters. The third-order valence-corrected chi connectivity index (χ3v) is 2.96. The quantitative estimate of drug-likeness (QED) is 0.604. The lowest BCUT2D eigenvalue weighted by Gasteiger charge is -2.14. The van der Waals surface area contributed by atoms with Crippen LogP contribution in [0.2, 0.25) is 0 Å². The van der Waals surface area contributed by atoms with E-state index in [1.165, 1.54) is 24.3 Å².